The second-order valence-electron chi connectivity index (χ2n) is 6.11. The van der Waals surface area contributed by atoms with E-state index in [1.807, 2.05) is 24.3 Å². The summed E-state index contributed by atoms with van der Waals surface area (Å²) in [6.07, 6.45) is 0.935. The average Bonchev–Trinajstić information content (AvgIpc) is 2.61. The number of benzene rings is 2. The molecule has 1 aliphatic heterocycles. The van der Waals surface area contributed by atoms with E-state index in [0.29, 0.717) is 13.1 Å². The zero-order valence-corrected chi connectivity index (χ0v) is 15.2. The van der Waals surface area contributed by atoms with Crippen LogP contribution in [0.3, 0.4) is 0 Å². The van der Waals surface area contributed by atoms with Gasteiger partial charge in [-0.25, -0.2) is 4.39 Å². The van der Waals surface area contributed by atoms with Crippen LogP contribution in [-0.4, -0.2) is 48.4 Å². The third-order valence-corrected chi connectivity index (χ3v) is 5.03. The number of hydrogen-bond donors (Lipinski definition) is 0. The highest BCUT2D eigenvalue weighted by atomic mass is 35.5. The Labute approximate surface area is 156 Å². The molecule has 1 fully saturated rings. The molecule has 3 nitrogen and oxygen atoms in total. The van der Waals surface area contributed by atoms with Crippen LogP contribution >= 0.6 is 23.2 Å². The Hall–Kier alpha value is -1.62. The Morgan fingerprint density at radius 1 is 1.00 bits per heavy atom. The van der Waals surface area contributed by atoms with Crippen molar-refractivity contribution in [2.75, 3.05) is 32.7 Å². The lowest BCUT2D eigenvalue weighted by molar-refractivity contribution is 0.0634. The highest BCUT2D eigenvalue weighted by Gasteiger charge is 2.25. The fourth-order valence-electron chi connectivity index (χ4n) is 2.97. The molecule has 0 N–H and O–H groups in total. The molecule has 132 valence electrons. The molecule has 1 saturated heterocycles. The summed E-state index contributed by atoms with van der Waals surface area (Å²) in [5.74, 6) is -0.900. The summed E-state index contributed by atoms with van der Waals surface area (Å²) in [4.78, 5) is 16.5. The van der Waals surface area contributed by atoms with Crippen molar-refractivity contribution < 1.29 is 9.18 Å². The van der Waals surface area contributed by atoms with Gasteiger partial charge in [-0.2, -0.15) is 0 Å². The molecular formula is C19H19Cl2FN2O. The molecule has 0 radical (unpaired) electrons. The summed E-state index contributed by atoms with van der Waals surface area (Å²) in [5, 5.41) is 0.901. The van der Waals surface area contributed by atoms with E-state index < -0.39 is 5.82 Å². The van der Waals surface area contributed by atoms with Gasteiger partial charge >= 0.3 is 0 Å². The maximum Gasteiger partial charge on any atom is 0.258 e. The van der Waals surface area contributed by atoms with Crippen molar-refractivity contribution in [2.45, 2.75) is 6.42 Å². The molecule has 0 bridgehead atoms. The number of hydrogen-bond acceptors (Lipinski definition) is 2. The second-order valence-corrected chi connectivity index (χ2v) is 6.95. The Bertz CT molecular complexity index is 723. The number of carbonyl (C=O) groups excluding carboxylic acids is 1. The van der Waals surface area contributed by atoms with E-state index in [2.05, 4.69) is 4.90 Å². The van der Waals surface area contributed by atoms with Gasteiger partial charge in [0.15, 0.2) is 0 Å². The molecule has 0 atom stereocenters. The Balaban J connectivity index is 1.53. The van der Waals surface area contributed by atoms with Gasteiger partial charge < -0.3 is 4.90 Å². The van der Waals surface area contributed by atoms with E-state index in [1.54, 1.807) is 11.0 Å². The molecular weight excluding hydrogens is 362 g/mol. The van der Waals surface area contributed by atoms with Crippen LogP contribution in [0.1, 0.15) is 15.9 Å². The van der Waals surface area contributed by atoms with Crippen molar-refractivity contribution in [1.82, 2.24) is 9.80 Å². The van der Waals surface area contributed by atoms with Crippen molar-refractivity contribution in [3.05, 3.63) is 69.5 Å². The third kappa shape index (κ3) is 4.51. The fourth-order valence-corrected chi connectivity index (χ4v) is 3.34. The van der Waals surface area contributed by atoms with Crippen LogP contribution in [0, 0.1) is 5.82 Å². The first-order valence-corrected chi connectivity index (χ1v) is 9.00. The molecule has 6 heteroatoms. The summed E-state index contributed by atoms with van der Waals surface area (Å²) in [6, 6.07) is 12.2. The van der Waals surface area contributed by atoms with E-state index in [0.717, 1.165) is 31.1 Å². The van der Waals surface area contributed by atoms with Gasteiger partial charge in [0.2, 0.25) is 0 Å². The molecule has 25 heavy (non-hydrogen) atoms. The van der Waals surface area contributed by atoms with E-state index in [9.17, 15) is 9.18 Å². The lowest BCUT2D eigenvalue weighted by Crippen LogP contribution is -2.49. The van der Waals surface area contributed by atoms with E-state index in [4.69, 9.17) is 23.2 Å². The molecule has 2 aromatic carbocycles. The Morgan fingerprint density at radius 3 is 2.32 bits per heavy atom. The first-order valence-electron chi connectivity index (χ1n) is 8.24. The van der Waals surface area contributed by atoms with Crippen LogP contribution in [0.5, 0.6) is 0 Å². The maximum absolute atomic E-state index is 13.9. The number of carbonyl (C=O) groups is 1. The molecule has 0 aliphatic carbocycles. The molecule has 1 heterocycles. The van der Waals surface area contributed by atoms with Crippen molar-refractivity contribution >= 4 is 29.1 Å². The number of piperazine rings is 1. The van der Waals surface area contributed by atoms with Crippen molar-refractivity contribution in [2.24, 2.45) is 0 Å². The number of halogens is 3. The lowest BCUT2D eigenvalue weighted by Gasteiger charge is -2.35. The van der Waals surface area contributed by atoms with Crippen molar-refractivity contribution in [3.63, 3.8) is 0 Å². The SMILES string of the molecule is O=C(c1c(F)cccc1Cl)N1CCN(CCc2ccc(Cl)cc2)CC1. The number of rotatable bonds is 4. The minimum Gasteiger partial charge on any atom is -0.336 e. The Morgan fingerprint density at radius 2 is 1.68 bits per heavy atom. The summed E-state index contributed by atoms with van der Waals surface area (Å²) < 4.78 is 13.9. The third-order valence-electron chi connectivity index (χ3n) is 4.47. The molecule has 0 unspecified atom stereocenters. The molecule has 0 spiro atoms. The zero-order chi connectivity index (χ0) is 17.8. The number of nitrogens with zero attached hydrogens (tertiary/aromatic N) is 2. The van der Waals surface area contributed by atoms with Gasteiger partial charge in [0.05, 0.1) is 10.6 Å². The monoisotopic (exact) mass is 380 g/mol. The predicted molar refractivity (Wildman–Crippen MR) is 98.9 cm³/mol. The quantitative estimate of drug-likeness (QED) is 0.795. The largest absolute Gasteiger partial charge is 0.336 e. The van der Waals surface area contributed by atoms with Crippen LogP contribution in [0.15, 0.2) is 42.5 Å². The fraction of sp³-hybridized carbons (Fsp3) is 0.316. The number of amides is 1. The topological polar surface area (TPSA) is 23.6 Å². The standard InChI is InChI=1S/C19H19Cl2FN2O/c20-15-6-4-14(5-7-15)8-9-23-10-12-24(13-11-23)19(25)18-16(21)2-1-3-17(18)22/h1-7H,8-13H2. The van der Waals surface area contributed by atoms with Gasteiger partial charge in [0, 0.05) is 37.7 Å². The summed E-state index contributed by atoms with van der Waals surface area (Å²) in [6.45, 7) is 3.61. The molecule has 0 saturated carbocycles. The van der Waals surface area contributed by atoms with Crippen LogP contribution < -0.4 is 0 Å². The van der Waals surface area contributed by atoms with Gasteiger partial charge in [-0.15, -0.1) is 0 Å². The highest BCUT2D eigenvalue weighted by molar-refractivity contribution is 6.33. The summed E-state index contributed by atoms with van der Waals surface area (Å²) >= 11 is 11.9. The first kappa shape index (κ1) is 18.2. The van der Waals surface area contributed by atoms with E-state index >= 15 is 0 Å². The van der Waals surface area contributed by atoms with Gasteiger partial charge in [-0.3, -0.25) is 9.69 Å². The average molecular weight is 381 g/mol. The molecule has 0 aromatic heterocycles. The van der Waals surface area contributed by atoms with Crippen LogP contribution in [0.4, 0.5) is 4.39 Å². The van der Waals surface area contributed by atoms with Crippen LogP contribution in [-0.2, 0) is 6.42 Å². The molecule has 2 aromatic rings. The van der Waals surface area contributed by atoms with Crippen molar-refractivity contribution in [3.8, 4) is 0 Å². The summed E-state index contributed by atoms with van der Waals surface area (Å²) in [7, 11) is 0. The van der Waals surface area contributed by atoms with Gasteiger partial charge in [-0.1, -0.05) is 41.4 Å². The summed E-state index contributed by atoms with van der Waals surface area (Å²) in [5.41, 5.74) is 1.21. The Kier molecular flexibility index (Phi) is 5.94. The zero-order valence-electron chi connectivity index (χ0n) is 13.7. The maximum atomic E-state index is 13.9. The van der Waals surface area contributed by atoms with Crippen LogP contribution in [0.25, 0.3) is 0 Å². The van der Waals surface area contributed by atoms with Crippen LogP contribution in [0.2, 0.25) is 10.0 Å². The minimum atomic E-state index is -0.567. The van der Waals surface area contributed by atoms with Gasteiger partial charge in [0.25, 0.3) is 5.91 Å². The predicted octanol–water partition coefficient (Wildman–Crippen LogP) is 4.13. The first-order chi connectivity index (χ1) is 12.0. The molecule has 1 aliphatic rings. The van der Waals surface area contributed by atoms with E-state index in [-0.39, 0.29) is 16.5 Å². The second kappa shape index (κ2) is 8.17. The highest BCUT2D eigenvalue weighted by Crippen LogP contribution is 2.21. The smallest absolute Gasteiger partial charge is 0.258 e. The van der Waals surface area contributed by atoms with Crippen molar-refractivity contribution in [1.29, 1.82) is 0 Å². The minimum absolute atomic E-state index is 0.0289. The lowest BCUT2D eigenvalue weighted by atomic mass is 10.1. The molecule has 1 amide bonds. The van der Waals surface area contributed by atoms with E-state index in [1.165, 1.54) is 17.7 Å². The molecule has 3 rings (SSSR count). The normalized spacial score (nSPS) is 15.4. The van der Waals surface area contributed by atoms with Gasteiger partial charge in [0.1, 0.15) is 5.82 Å². The van der Waals surface area contributed by atoms with Gasteiger partial charge in [-0.05, 0) is 36.2 Å².